The number of carbonyl (C=O) groups excluding carboxylic acids is 1. The molecule has 4 rings (SSSR count). The smallest absolute Gasteiger partial charge is 0.266 e. The van der Waals surface area contributed by atoms with E-state index in [0.717, 1.165) is 16.8 Å². The summed E-state index contributed by atoms with van der Waals surface area (Å²) < 4.78 is 15.3. The molecule has 0 radical (unpaired) electrons. The number of halogens is 1. The number of anilines is 1. The molecule has 0 aliphatic carbocycles. The van der Waals surface area contributed by atoms with Crippen molar-refractivity contribution in [2.45, 2.75) is 25.9 Å². The number of aryl methyl sites for hydroxylation is 2. The van der Waals surface area contributed by atoms with Crippen LogP contribution in [0.25, 0.3) is 16.6 Å². The molecule has 0 saturated heterocycles. The minimum absolute atomic E-state index is 0.0190. The third kappa shape index (κ3) is 4.29. The first-order valence-corrected chi connectivity index (χ1v) is 11.1. The van der Waals surface area contributed by atoms with E-state index in [2.05, 4.69) is 10.3 Å². The van der Waals surface area contributed by atoms with Crippen LogP contribution >= 0.6 is 11.8 Å². The molecule has 1 amide bonds. The van der Waals surface area contributed by atoms with Crippen LogP contribution in [-0.4, -0.2) is 21.2 Å². The highest BCUT2D eigenvalue weighted by molar-refractivity contribution is 7.99. The average Bonchev–Trinajstić information content (AvgIpc) is 2.77. The Morgan fingerprint density at radius 1 is 1.03 bits per heavy atom. The van der Waals surface area contributed by atoms with Gasteiger partial charge in [-0.2, -0.15) is 0 Å². The zero-order valence-electron chi connectivity index (χ0n) is 18.0. The lowest BCUT2D eigenvalue weighted by Crippen LogP contribution is -2.23. The van der Waals surface area contributed by atoms with Crippen molar-refractivity contribution in [3.8, 4) is 5.69 Å². The van der Waals surface area contributed by atoms with Crippen LogP contribution in [0.1, 0.15) is 16.7 Å². The van der Waals surface area contributed by atoms with E-state index in [1.165, 1.54) is 17.8 Å². The summed E-state index contributed by atoms with van der Waals surface area (Å²) >= 11 is 1.17. The highest BCUT2D eigenvalue weighted by Crippen LogP contribution is 2.25. The van der Waals surface area contributed by atoms with Crippen LogP contribution in [0.15, 0.2) is 70.6 Å². The third-order valence-corrected chi connectivity index (χ3v) is 6.29. The number of aromatic nitrogens is 2. The zero-order valence-corrected chi connectivity index (χ0v) is 18.8. The van der Waals surface area contributed by atoms with E-state index in [0.29, 0.717) is 27.3 Å². The molecule has 4 aromatic rings. The van der Waals surface area contributed by atoms with Gasteiger partial charge in [-0.15, -0.1) is 0 Å². The maximum Gasteiger partial charge on any atom is 0.266 e. The van der Waals surface area contributed by atoms with E-state index in [-0.39, 0.29) is 23.0 Å². The Kier molecular flexibility index (Phi) is 6.10. The number of benzene rings is 3. The number of fused-ring (bicyclic) bond motifs is 1. The summed E-state index contributed by atoms with van der Waals surface area (Å²) in [6.07, 6.45) is 0. The summed E-state index contributed by atoms with van der Waals surface area (Å²) in [4.78, 5) is 30.6. The second-order valence-corrected chi connectivity index (χ2v) is 8.51. The van der Waals surface area contributed by atoms with Crippen molar-refractivity contribution in [2.75, 3.05) is 11.1 Å². The fraction of sp³-hybridized carbons (Fsp3) is 0.160. The van der Waals surface area contributed by atoms with E-state index in [9.17, 15) is 14.0 Å². The van der Waals surface area contributed by atoms with Crippen molar-refractivity contribution in [1.82, 2.24) is 9.55 Å². The van der Waals surface area contributed by atoms with Crippen molar-refractivity contribution in [3.05, 3.63) is 93.5 Å². The molecule has 5 nitrogen and oxygen atoms in total. The van der Waals surface area contributed by atoms with Gasteiger partial charge in [0.05, 0.1) is 22.3 Å². The molecular formula is C25H22FN3O2S. The molecule has 0 atom stereocenters. The molecule has 0 spiro atoms. The Hall–Kier alpha value is -3.45. The molecule has 162 valence electrons. The predicted octanol–water partition coefficient (Wildman–Crippen LogP) is 5.18. The van der Waals surface area contributed by atoms with Crippen molar-refractivity contribution in [1.29, 1.82) is 0 Å². The molecule has 0 saturated carbocycles. The molecule has 0 bridgehead atoms. The zero-order chi connectivity index (χ0) is 22.8. The fourth-order valence-electron chi connectivity index (χ4n) is 3.40. The first-order chi connectivity index (χ1) is 15.3. The number of thioether (sulfide) groups is 1. The minimum atomic E-state index is -0.379. The summed E-state index contributed by atoms with van der Waals surface area (Å²) in [6, 6.07) is 17.5. The number of para-hydroxylation sites is 1. The van der Waals surface area contributed by atoms with Gasteiger partial charge in [0.25, 0.3) is 5.56 Å². The van der Waals surface area contributed by atoms with Crippen molar-refractivity contribution in [3.63, 3.8) is 0 Å². The minimum Gasteiger partial charge on any atom is -0.325 e. The lowest BCUT2D eigenvalue weighted by molar-refractivity contribution is -0.113. The van der Waals surface area contributed by atoms with Crippen LogP contribution in [0.2, 0.25) is 0 Å². The monoisotopic (exact) mass is 447 g/mol. The topological polar surface area (TPSA) is 64.0 Å². The molecule has 1 heterocycles. The molecule has 32 heavy (non-hydrogen) atoms. The van der Waals surface area contributed by atoms with Crippen molar-refractivity contribution < 1.29 is 9.18 Å². The number of hydrogen-bond acceptors (Lipinski definition) is 4. The molecular weight excluding hydrogens is 425 g/mol. The molecule has 0 aliphatic rings. The van der Waals surface area contributed by atoms with Gasteiger partial charge in [0.2, 0.25) is 5.91 Å². The number of hydrogen-bond donors (Lipinski definition) is 1. The average molecular weight is 448 g/mol. The summed E-state index contributed by atoms with van der Waals surface area (Å²) in [5, 5.41) is 3.63. The van der Waals surface area contributed by atoms with Crippen LogP contribution in [0.3, 0.4) is 0 Å². The van der Waals surface area contributed by atoms with Gasteiger partial charge in [0, 0.05) is 5.69 Å². The highest BCUT2D eigenvalue weighted by Gasteiger charge is 2.17. The van der Waals surface area contributed by atoms with Crippen LogP contribution in [0.4, 0.5) is 10.1 Å². The van der Waals surface area contributed by atoms with Crippen LogP contribution in [0.5, 0.6) is 0 Å². The first kappa shape index (κ1) is 21.8. The van der Waals surface area contributed by atoms with Crippen molar-refractivity contribution >= 4 is 34.3 Å². The maximum atomic E-state index is 13.8. The molecule has 0 fully saturated rings. The molecule has 1 aromatic heterocycles. The second-order valence-electron chi connectivity index (χ2n) is 7.57. The van der Waals surface area contributed by atoms with Gasteiger partial charge in [0.15, 0.2) is 5.16 Å². The van der Waals surface area contributed by atoms with Gasteiger partial charge in [-0.3, -0.25) is 14.2 Å². The van der Waals surface area contributed by atoms with E-state index >= 15 is 0 Å². The predicted molar refractivity (Wildman–Crippen MR) is 127 cm³/mol. The quantitative estimate of drug-likeness (QED) is 0.338. The normalized spacial score (nSPS) is 11.0. The lowest BCUT2D eigenvalue weighted by atomic mass is 10.1. The largest absolute Gasteiger partial charge is 0.325 e. The molecule has 1 N–H and O–H groups in total. The van der Waals surface area contributed by atoms with Crippen LogP contribution < -0.4 is 10.9 Å². The Morgan fingerprint density at radius 3 is 2.59 bits per heavy atom. The maximum absolute atomic E-state index is 13.8. The summed E-state index contributed by atoms with van der Waals surface area (Å²) in [5.74, 6) is -0.672. The summed E-state index contributed by atoms with van der Waals surface area (Å²) in [6.45, 7) is 5.60. The summed E-state index contributed by atoms with van der Waals surface area (Å²) in [5.41, 5.74) is 4.03. The van der Waals surface area contributed by atoms with Crippen LogP contribution in [0, 0.1) is 26.6 Å². The van der Waals surface area contributed by atoms with Gasteiger partial charge in [-0.1, -0.05) is 42.1 Å². The third-order valence-electron chi connectivity index (χ3n) is 5.35. The second kappa shape index (κ2) is 8.96. The molecule has 3 aromatic carbocycles. The van der Waals surface area contributed by atoms with Gasteiger partial charge >= 0.3 is 0 Å². The Morgan fingerprint density at radius 2 is 1.81 bits per heavy atom. The molecule has 0 aliphatic heterocycles. The van der Waals surface area contributed by atoms with E-state index in [1.54, 1.807) is 41.8 Å². The Labute approximate surface area is 189 Å². The number of nitrogens with zero attached hydrogens (tertiary/aromatic N) is 2. The highest BCUT2D eigenvalue weighted by atomic mass is 32.2. The van der Waals surface area contributed by atoms with Gasteiger partial charge < -0.3 is 5.32 Å². The number of carbonyl (C=O) groups is 1. The standard InChI is InChI=1S/C25H22FN3O2S/c1-15-7-6-10-22(17(15)3)29-24(31)19-8-4-5-9-21(19)28-25(29)32-14-23(30)27-18-12-11-16(2)20(26)13-18/h4-13H,14H2,1-3H3,(H,27,30). The molecule has 7 heteroatoms. The first-order valence-electron chi connectivity index (χ1n) is 10.1. The SMILES string of the molecule is Cc1ccc(NC(=O)CSc2nc3ccccc3c(=O)n2-c2cccc(C)c2C)cc1F. The lowest BCUT2D eigenvalue weighted by Gasteiger charge is -2.16. The van der Waals surface area contributed by atoms with E-state index < -0.39 is 0 Å². The number of nitrogens with one attached hydrogen (secondary N) is 1. The Balaban J connectivity index is 1.70. The molecule has 0 unspecified atom stereocenters. The van der Waals surface area contributed by atoms with E-state index in [4.69, 9.17) is 0 Å². The van der Waals surface area contributed by atoms with E-state index in [1.807, 2.05) is 38.1 Å². The number of amides is 1. The van der Waals surface area contributed by atoms with Gasteiger partial charge in [-0.05, 0) is 67.8 Å². The van der Waals surface area contributed by atoms with Crippen LogP contribution in [-0.2, 0) is 4.79 Å². The van der Waals surface area contributed by atoms with Gasteiger partial charge in [0.1, 0.15) is 5.82 Å². The van der Waals surface area contributed by atoms with Crippen molar-refractivity contribution in [2.24, 2.45) is 0 Å². The fourth-order valence-corrected chi connectivity index (χ4v) is 4.20. The Bertz CT molecular complexity index is 1400. The number of rotatable bonds is 5. The summed E-state index contributed by atoms with van der Waals surface area (Å²) in [7, 11) is 0. The van der Waals surface area contributed by atoms with Gasteiger partial charge in [-0.25, -0.2) is 9.37 Å².